The highest BCUT2D eigenvalue weighted by Gasteiger charge is 2.14. The van der Waals surface area contributed by atoms with Gasteiger partial charge >= 0.3 is 5.97 Å². The molecule has 0 saturated carbocycles. The summed E-state index contributed by atoms with van der Waals surface area (Å²) in [6.45, 7) is 3.80. The Morgan fingerprint density at radius 1 is 0.730 bits per heavy atom. The first-order valence-electron chi connectivity index (χ1n) is 11.6. The molecule has 4 rings (SSSR count). The molecule has 2 N–H and O–H groups in total. The number of aryl methyl sites for hydroxylation is 2. The first-order valence-corrected chi connectivity index (χ1v) is 11.6. The Kier molecular flexibility index (Phi) is 7.85. The van der Waals surface area contributed by atoms with Gasteiger partial charge in [0, 0.05) is 11.1 Å². The lowest BCUT2D eigenvalue weighted by Gasteiger charge is -2.10. The summed E-state index contributed by atoms with van der Waals surface area (Å²) in [4.78, 5) is 38.1. The minimum absolute atomic E-state index is 0.250. The molecule has 0 fully saturated rings. The van der Waals surface area contributed by atoms with Gasteiger partial charge < -0.3 is 10.1 Å². The first kappa shape index (κ1) is 25.1. The van der Waals surface area contributed by atoms with Crippen molar-refractivity contribution in [3.05, 3.63) is 130 Å². The van der Waals surface area contributed by atoms with E-state index in [0.29, 0.717) is 28.1 Å². The van der Waals surface area contributed by atoms with E-state index in [-0.39, 0.29) is 11.5 Å². The molecule has 4 aromatic rings. The number of hydrazone groups is 1. The normalized spacial score (nSPS) is 10.6. The van der Waals surface area contributed by atoms with Gasteiger partial charge in [0.15, 0.2) is 0 Å². The van der Waals surface area contributed by atoms with E-state index in [0.717, 1.165) is 11.1 Å². The maximum Gasteiger partial charge on any atom is 0.343 e. The van der Waals surface area contributed by atoms with Crippen LogP contribution in [0, 0.1) is 13.8 Å². The Labute approximate surface area is 214 Å². The van der Waals surface area contributed by atoms with E-state index in [4.69, 9.17) is 4.74 Å². The molecule has 2 amide bonds. The summed E-state index contributed by atoms with van der Waals surface area (Å²) in [6.07, 6.45) is 1.39. The van der Waals surface area contributed by atoms with Crippen molar-refractivity contribution in [2.75, 3.05) is 5.32 Å². The highest BCUT2D eigenvalue weighted by molar-refractivity contribution is 6.09. The monoisotopic (exact) mass is 491 g/mol. The molecule has 0 aliphatic rings. The third-order valence-electron chi connectivity index (χ3n) is 5.45. The summed E-state index contributed by atoms with van der Waals surface area (Å²) in [5, 5.41) is 6.82. The SMILES string of the molecule is Cc1cccc(C(=O)Nc2ccccc2C(=O)N/N=C\c2ccccc2OC(=O)c2cccc(C)c2)c1. The Morgan fingerprint density at radius 2 is 1.38 bits per heavy atom. The first-order chi connectivity index (χ1) is 17.9. The second-order valence-corrected chi connectivity index (χ2v) is 8.37. The number of benzene rings is 4. The predicted octanol–water partition coefficient (Wildman–Crippen LogP) is 5.54. The van der Waals surface area contributed by atoms with Crippen molar-refractivity contribution in [3.8, 4) is 5.75 Å². The lowest BCUT2D eigenvalue weighted by molar-refractivity contribution is 0.0733. The van der Waals surface area contributed by atoms with E-state index in [2.05, 4.69) is 15.8 Å². The minimum atomic E-state index is -0.509. The number of carbonyl (C=O) groups is 3. The van der Waals surface area contributed by atoms with Crippen molar-refractivity contribution in [1.82, 2.24) is 5.43 Å². The summed E-state index contributed by atoms with van der Waals surface area (Å²) in [6, 6.07) is 27.8. The van der Waals surface area contributed by atoms with Crippen LogP contribution in [0.3, 0.4) is 0 Å². The fourth-order valence-corrected chi connectivity index (χ4v) is 3.60. The molecule has 0 aromatic heterocycles. The number of esters is 1. The molecule has 7 heteroatoms. The molecule has 0 saturated heterocycles. The van der Waals surface area contributed by atoms with E-state index in [1.54, 1.807) is 84.9 Å². The highest BCUT2D eigenvalue weighted by atomic mass is 16.5. The molecule has 0 spiro atoms. The van der Waals surface area contributed by atoms with Gasteiger partial charge in [-0.3, -0.25) is 9.59 Å². The second kappa shape index (κ2) is 11.6. The fourth-order valence-electron chi connectivity index (χ4n) is 3.60. The summed E-state index contributed by atoms with van der Waals surface area (Å²) < 4.78 is 5.55. The Morgan fingerprint density at radius 3 is 2.14 bits per heavy atom. The minimum Gasteiger partial charge on any atom is -0.422 e. The van der Waals surface area contributed by atoms with Gasteiger partial charge in [0.05, 0.1) is 23.0 Å². The standard InChI is InChI=1S/C30H25N3O4/c1-20-9-7-12-22(17-20)28(34)32-26-15-5-4-14-25(26)29(35)33-31-19-24-11-3-6-16-27(24)37-30(36)23-13-8-10-21(2)18-23/h3-19H,1-2H3,(H,32,34)(H,33,35)/b31-19-. The molecule has 4 aromatic carbocycles. The number of hydrogen-bond acceptors (Lipinski definition) is 5. The number of nitrogens with zero attached hydrogens (tertiary/aromatic N) is 1. The summed E-state index contributed by atoms with van der Waals surface area (Å²) in [5.41, 5.74) is 6.41. The van der Waals surface area contributed by atoms with Gasteiger partial charge in [-0.1, -0.05) is 59.7 Å². The fraction of sp³-hybridized carbons (Fsp3) is 0.0667. The molecule has 0 radical (unpaired) electrons. The Bertz CT molecular complexity index is 1490. The number of anilines is 1. The van der Waals surface area contributed by atoms with Gasteiger partial charge in [0.2, 0.25) is 0 Å². The van der Waals surface area contributed by atoms with E-state index >= 15 is 0 Å². The van der Waals surface area contributed by atoms with Crippen LogP contribution in [-0.4, -0.2) is 24.0 Å². The van der Waals surface area contributed by atoms with Gasteiger partial charge in [-0.05, 0) is 62.4 Å². The van der Waals surface area contributed by atoms with Gasteiger partial charge in [0.1, 0.15) is 5.75 Å². The van der Waals surface area contributed by atoms with Gasteiger partial charge in [-0.15, -0.1) is 0 Å². The van der Waals surface area contributed by atoms with E-state index in [1.165, 1.54) is 6.21 Å². The quantitative estimate of drug-likeness (QED) is 0.154. The highest BCUT2D eigenvalue weighted by Crippen LogP contribution is 2.19. The number of ether oxygens (including phenoxy) is 1. The van der Waals surface area contributed by atoms with Crippen molar-refractivity contribution in [2.45, 2.75) is 13.8 Å². The lowest BCUT2D eigenvalue weighted by atomic mass is 10.1. The third-order valence-corrected chi connectivity index (χ3v) is 5.45. The van der Waals surface area contributed by atoms with Crippen LogP contribution in [0.5, 0.6) is 5.75 Å². The molecule has 0 aliphatic carbocycles. The number of nitrogens with one attached hydrogen (secondary N) is 2. The van der Waals surface area contributed by atoms with E-state index < -0.39 is 11.9 Å². The maximum atomic E-state index is 12.8. The van der Waals surface area contributed by atoms with E-state index in [9.17, 15) is 14.4 Å². The van der Waals surface area contributed by atoms with Crippen molar-refractivity contribution in [2.24, 2.45) is 5.10 Å². The number of para-hydroxylation sites is 2. The number of carbonyl (C=O) groups excluding carboxylic acids is 3. The van der Waals surface area contributed by atoms with Crippen LogP contribution >= 0.6 is 0 Å². The zero-order valence-electron chi connectivity index (χ0n) is 20.4. The number of rotatable bonds is 7. The summed E-state index contributed by atoms with van der Waals surface area (Å²) in [5.74, 6) is -1.02. The smallest absolute Gasteiger partial charge is 0.343 e. The molecule has 0 aliphatic heterocycles. The predicted molar refractivity (Wildman–Crippen MR) is 143 cm³/mol. The summed E-state index contributed by atoms with van der Waals surface area (Å²) in [7, 11) is 0. The van der Waals surface area contributed by atoms with Gasteiger partial charge in [0.25, 0.3) is 11.8 Å². The molecule has 7 nitrogen and oxygen atoms in total. The van der Waals surface area contributed by atoms with Gasteiger partial charge in [-0.2, -0.15) is 5.10 Å². The average Bonchev–Trinajstić information content (AvgIpc) is 2.90. The molecule has 0 unspecified atom stereocenters. The number of hydrogen-bond donors (Lipinski definition) is 2. The molecule has 37 heavy (non-hydrogen) atoms. The molecule has 184 valence electrons. The zero-order valence-corrected chi connectivity index (χ0v) is 20.4. The van der Waals surface area contributed by atoms with Crippen molar-refractivity contribution in [1.29, 1.82) is 0 Å². The van der Waals surface area contributed by atoms with Crippen molar-refractivity contribution in [3.63, 3.8) is 0 Å². The van der Waals surface area contributed by atoms with Crippen LogP contribution in [0.15, 0.2) is 102 Å². The zero-order chi connectivity index (χ0) is 26.2. The van der Waals surface area contributed by atoms with Crippen LogP contribution < -0.4 is 15.5 Å². The largest absolute Gasteiger partial charge is 0.422 e. The van der Waals surface area contributed by atoms with Crippen LogP contribution in [0.25, 0.3) is 0 Å². The van der Waals surface area contributed by atoms with Crippen LogP contribution in [-0.2, 0) is 0 Å². The van der Waals surface area contributed by atoms with Crippen LogP contribution in [0.4, 0.5) is 5.69 Å². The van der Waals surface area contributed by atoms with Crippen molar-refractivity contribution >= 4 is 29.7 Å². The molecule has 0 atom stereocenters. The number of amides is 2. The van der Waals surface area contributed by atoms with Crippen molar-refractivity contribution < 1.29 is 19.1 Å². The molecule has 0 heterocycles. The molecular weight excluding hydrogens is 466 g/mol. The van der Waals surface area contributed by atoms with Crippen LogP contribution in [0.2, 0.25) is 0 Å². The Balaban J connectivity index is 1.45. The third kappa shape index (κ3) is 6.55. The molecular formula is C30H25N3O4. The molecule has 0 bridgehead atoms. The lowest BCUT2D eigenvalue weighted by Crippen LogP contribution is -2.21. The van der Waals surface area contributed by atoms with E-state index in [1.807, 2.05) is 26.0 Å². The maximum absolute atomic E-state index is 12.8. The average molecular weight is 492 g/mol. The Hall–Kier alpha value is -5.04. The van der Waals surface area contributed by atoms with Gasteiger partial charge in [-0.25, -0.2) is 10.2 Å². The topological polar surface area (TPSA) is 96.9 Å². The van der Waals surface area contributed by atoms with Crippen LogP contribution in [0.1, 0.15) is 47.8 Å². The summed E-state index contributed by atoms with van der Waals surface area (Å²) >= 11 is 0. The second-order valence-electron chi connectivity index (χ2n) is 8.37.